The lowest BCUT2D eigenvalue weighted by Gasteiger charge is -2.19. The molecule has 7 heteroatoms. The zero-order valence-electron chi connectivity index (χ0n) is 13.8. The van der Waals surface area contributed by atoms with Crippen molar-refractivity contribution in [1.82, 2.24) is 4.31 Å². The molecule has 0 N–H and O–H groups in total. The predicted molar refractivity (Wildman–Crippen MR) is 89.2 cm³/mol. The van der Waals surface area contributed by atoms with E-state index in [0.717, 1.165) is 22.0 Å². The molecule has 130 valence electrons. The standard InChI is InChI=1S/C17H20FNO4S/c1-4-23-15-7-5-6-13(10-15)12-19(2)24(20,21)17-11-14(18)8-9-16(17)22-3/h5-11H,4,12H2,1-3H3. The molecule has 0 aliphatic carbocycles. The first-order chi connectivity index (χ1) is 11.4. The summed E-state index contributed by atoms with van der Waals surface area (Å²) in [5.74, 6) is 0.136. The lowest BCUT2D eigenvalue weighted by molar-refractivity contribution is 0.339. The van der Waals surface area contributed by atoms with E-state index in [1.807, 2.05) is 6.92 Å². The number of sulfonamides is 1. The summed E-state index contributed by atoms with van der Waals surface area (Å²) < 4.78 is 50.5. The second-order valence-corrected chi connectivity index (χ2v) is 7.15. The molecule has 0 aliphatic heterocycles. The van der Waals surface area contributed by atoms with Crippen LogP contribution < -0.4 is 9.47 Å². The van der Waals surface area contributed by atoms with Crippen molar-refractivity contribution >= 4 is 10.0 Å². The van der Waals surface area contributed by atoms with Crippen molar-refractivity contribution < 1.29 is 22.3 Å². The molecule has 0 saturated heterocycles. The van der Waals surface area contributed by atoms with Crippen LogP contribution in [0.5, 0.6) is 11.5 Å². The molecule has 0 radical (unpaired) electrons. The van der Waals surface area contributed by atoms with Crippen LogP contribution >= 0.6 is 0 Å². The first kappa shape index (κ1) is 18.2. The number of methoxy groups -OCH3 is 1. The highest BCUT2D eigenvalue weighted by Gasteiger charge is 2.25. The lowest BCUT2D eigenvalue weighted by Crippen LogP contribution is -2.27. The van der Waals surface area contributed by atoms with E-state index in [0.29, 0.717) is 12.4 Å². The Morgan fingerprint density at radius 2 is 1.92 bits per heavy atom. The maximum absolute atomic E-state index is 13.5. The molecule has 0 spiro atoms. The second kappa shape index (κ2) is 7.63. The Kier molecular flexibility index (Phi) is 5.80. The summed E-state index contributed by atoms with van der Waals surface area (Å²) in [6.45, 7) is 2.53. The third-order valence-electron chi connectivity index (χ3n) is 3.43. The molecule has 2 aromatic rings. The molecular formula is C17H20FNO4S. The van der Waals surface area contributed by atoms with Crippen molar-refractivity contribution in [3.8, 4) is 11.5 Å². The highest BCUT2D eigenvalue weighted by atomic mass is 32.2. The van der Waals surface area contributed by atoms with Crippen molar-refractivity contribution in [1.29, 1.82) is 0 Å². The molecule has 0 unspecified atom stereocenters. The van der Waals surface area contributed by atoms with Gasteiger partial charge in [-0.1, -0.05) is 12.1 Å². The Bertz CT molecular complexity index is 808. The Balaban J connectivity index is 2.30. The predicted octanol–water partition coefficient (Wildman–Crippen LogP) is 3.05. The van der Waals surface area contributed by atoms with Crippen LogP contribution in [-0.4, -0.2) is 33.5 Å². The van der Waals surface area contributed by atoms with Crippen LogP contribution in [-0.2, 0) is 16.6 Å². The molecule has 0 fully saturated rings. The number of hydrogen-bond donors (Lipinski definition) is 0. The molecule has 0 amide bonds. The van der Waals surface area contributed by atoms with Crippen molar-refractivity contribution in [2.45, 2.75) is 18.4 Å². The van der Waals surface area contributed by atoms with E-state index in [4.69, 9.17) is 9.47 Å². The number of ether oxygens (including phenoxy) is 2. The van der Waals surface area contributed by atoms with Crippen LogP contribution in [0, 0.1) is 5.82 Å². The minimum absolute atomic E-state index is 0.103. The van der Waals surface area contributed by atoms with Gasteiger partial charge in [-0.25, -0.2) is 12.8 Å². The Labute approximate surface area is 141 Å². The monoisotopic (exact) mass is 353 g/mol. The van der Waals surface area contributed by atoms with Gasteiger partial charge in [-0.15, -0.1) is 0 Å². The zero-order valence-corrected chi connectivity index (χ0v) is 14.6. The molecule has 0 heterocycles. The van der Waals surface area contributed by atoms with Crippen molar-refractivity contribution in [2.24, 2.45) is 0 Å². The molecule has 5 nitrogen and oxygen atoms in total. The molecule has 24 heavy (non-hydrogen) atoms. The van der Waals surface area contributed by atoms with Crippen molar-refractivity contribution in [2.75, 3.05) is 20.8 Å². The van der Waals surface area contributed by atoms with Gasteiger partial charge in [0, 0.05) is 13.6 Å². The van der Waals surface area contributed by atoms with E-state index in [-0.39, 0.29) is 17.2 Å². The largest absolute Gasteiger partial charge is 0.495 e. The summed E-state index contributed by atoms with van der Waals surface area (Å²) in [5.41, 5.74) is 0.766. The normalized spacial score (nSPS) is 11.5. The first-order valence-corrected chi connectivity index (χ1v) is 8.84. The minimum Gasteiger partial charge on any atom is -0.495 e. The number of rotatable bonds is 7. The molecule has 0 saturated carbocycles. The van der Waals surface area contributed by atoms with E-state index in [1.54, 1.807) is 24.3 Å². The molecule has 0 aromatic heterocycles. The third kappa shape index (κ3) is 4.04. The van der Waals surface area contributed by atoms with E-state index >= 15 is 0 Å². The van der Waals surface area contributed by atoms with E-state index in [9.17, 15) is 12.8 Å². The fourth-order valence-electron chi connectivity index (χ4n) is 2.26. The minimum atomic E-state index is -3.90. The fourth-order valence-corrected chi connectivity index (χ4v) is 3.58. The number of benzene rings is 2. The molecule has 2 rings (SSSR count). The van der Waals surface area contributed by atoms with Gasteiger partial charge in [0.2, 0.25) is 10.0 Å². The van der Waals surface area contributed by atoms with Crippen LogP contribution in [0.3, 0.4) is 0 Å². The average Bonchev–Trinajstić information content (AvgIpc) is 2.55. The summed E-state index contributed by atoms with van der Waals surface area (Å²) >= 11 is 0. The van der Waals surface area contributed by atoms with Gasteiger partial charge in [-0.05, 0) is 42.8 Å². The van der Waals surface area contributed by atoms with Gasteiger partial charge in [-0.2, -0.15) is 4.31 Å². The van der Waals surface area contributed by atoms with Crippen LogP contribution in [0.25, 0.3) is 0 Å². The molecule has 0 bridgehead atoms. The van der Waals surface area contributed by atoms with E-state index < -0.39 is 15.8 Å². The summed E-state index contributed by atoms with van der Waals surface area (Å²) in [6, 6.07) is 10.6. The Morgan fingerprint density at radius 3 is 2.58 bits per heavy atom. The van der Waals surface area contributed by atoms with Gasteiger partial charge >= 0.3 is 0 Å². The van der Waals surface area contributed by atoms with Crippen LogP contribution in [0.15, 0.2) is 47.4 Å². The van der Waals surface area contributed by atoms with Crippen LogP contribution in [0.2, 0.25) is 0 Å². The SMILES string of the molecule is CCOc1cccc(CN(C)S(=O)(=O)c2cc(F)ccc2OC)c1. The number of halogens is 1. The third-order valence-corrected chi connectivity index (χ3v) is 5.25. The molecule has 2 aromatic carbocycles. The van der Waals surface area contributed by atoms with Gasteiger partial charge in [0.05, 0.1) is 13.7 Å². The molecule has 0 aliphatic rings. The fraction of sp³-hybridized carbons (Fsp3) is 0.294. The topological polar surface area (TPSA) is 55.8 Å². The highest BCUT2D eigenvalue weighted by Crippen LogP contribution is 2.28. The summed E-state index contributed by atoms with van der Waals surface area (Å²) in [4.78, 5) is -0.200. The van der Waals surface area contributed by atoms with Crippen LogP contribution in [0.4, 0.5) is 4.39 Å². The zero-order chi connectivity index (χ0) is 17.7. The maximum atomic E-state index is 13.5. The van der Waals surface area contributed by atoms with Gasteiger partial charge in [0.25, 0.3) is 0 Å². The van der Waals surface area contributed by atoms with E-state index in [2.05, 4.69) is 0 Å². The first-order valence-electron chi connectivity index (χ1n) is 7.40. The summed E-state index contributed by atoms with van der Waals surface area (Å²) in [6.07, 6.45) is 0. The number of nitrogens with zero attached hydrogens (tertiary/aromatic N) is 1. The Hall–Kier alpha value is -2.12. The lowest BCUT2D eigenvalue weighted by atomic mass is 10.2. The molecular weight excluding hydrogens is 333 g/mol. The van der Waals surface area contributed by atoms with Gasteiger partial charge in [-0.3, -0.25) is 0 Å². The van der Waals surface area contributed by atoms with Crippen molar-refractivity contribution in [3.63, 3.8) is 0 Å². The second-order valence-electron chi connectivity index (χ2n) is 5.14. The smallest absolute Gasteiger partial charge is 0.246 e. The summed E-state index contributed by atoms with van der Waals surface area (Å²) in [7, 11) is -1.12. The quantitative estimate of drug-likeness (QED) is 0.768. The number of hydrogen-bond acceptors (Lipinski definition) is 4. The van der Waals surface area contributed by atoms with Crippen LogP contribution in [0.1, 0.15) is 12.5 Å². The van der Waals surface area contributed by atoms with Gasteiger partial charge in [0.15, 0.2) is 0 Å². The maximum Gasteiger partial charge on any atom is 0.246 e. The Morgan fingerprint density at radius 1 is 1.17 bits per heavy atom. The van der Waals surface area contributed by atoms with E-state index in [1.165, 1.54) is 20.2 Å². The highest BCUT2D eigenvalue weighted by molar-refractivity contribution is 7.89. The van der Waals surface area contributed by atoms with Gasteiger partial charge < -0.3 is 9.47 Å². The van der Waals surface area contributed by atoms with Gasteiger partial charge in [0.1, 0.15) is 22.2 Å². The summed E-state index contributed by atoms with van der Waals surface area (Å²) in [5, 5.41) is 0. The average molecular weight is 353 g/mol. The molecule has 0 atom stereocenters. The van der Waals surface area contributed by atoms with Crippen molar-refractivity contribution in [3.05, 3.63) is 53.8 Å².